The van der Waals surface area contributed by atoms with Gasteiger partial charge in [-0.15, -0.1) is 0 Å². The first-order chi connectivity index (χ1) is 8.25. The van der Waals surface area contributed by atoms with E-state index in [0.29, 0.717) is 10.7 Å². The van der Waals surface area contributed by atoms with Crippen molar-refractivity contribution in [3.8, 4) is 0 Å². The summed E-state index contributed by atoms with van der Waals surface area (Å²) in [6.07, 6.45) is 7.93. The highest BCUT2D eigenvalue weighted by molar-refractivity contribution is 6.29. The Morgan fingerprint density at radius 3 is 2.82 bits per heavy atom. The summed E-state index contributed by atoms with van der Waals surface area (Å²) < 4.78 is 0. The van der Waals surface area contributed by atoms with Crippen LogP contribution >= 0.6 is 11.6 Å². The van der Waals surface area contributed by atoms with E-state index in [2.05, 4.69) is 10.3 Å². The Morgan fingerprint density at radius 1 is 1.41 bits per heavy atom. The zero-order valence-electron chi connectivity index (χ0n) is 9.79. The lowest BCUT2D eigenvalue weighted by atomic mass is 10.0. The third kappa shape index (κ3) is 3.70. The van der Waals surface area contributed by atoms with E-state index >= 15 is 0 Å². The van der Waals surface area contributed by atoms with Gasteiger partial charge in [-0.25, -0.2) is 4.98 Å². The van der Waals surface area contributed by atoms with Crippen molar-refractivity contribution in [3.05, 3.63) is 29.0 Å². The number of carbonyl (C=O) groups excluding carboxylic acids is 1. The van der Waals surface area contributed by atoms with Gasteiger partial charge in [0.05, 0.1) is 5.56 Å². The molecule has 0 saturated heterocycles. The molecule has 0 unspecified atom stereocenters. The fourth-order valence-electron chi connectivity index (χ4n) is 2.30. The molecule has 1 aromatic rings. The highest BCUT2D eigenvalue weighted by Crippen LogP contribution is 2.26. The molecule has 1 aliphatic rings. The van der Waals surface area contributed by atoms with Crippen molar-refractivity contribution in [1.29, 1.82) is 0 Å². The fraction of sp³-hybridized carbons (Fsp3) is 0.538. The second-order valence-corrected chi connectivity index (χ2v) is 4.95. The first-order valence-electron chi connectivity index (χ1n) is 6.15. The maximum absolute atomic E-state index is 11.7. The second-order valence-electron chi connectivity index (χ2n) is 4.56. The molecule has 0 spiro atoms. The van der Waals surface area contributed by atoms with Crippen LogP contribution in [-0.4, -0.2) is 17.4 Å². The van der Waals surface area contributed by atoms with Gasteiger partial charge in [0.25, 0.3) is 5.91 Å². The van der Waals surface area contributed by atoms with Crippen LogP contribution in [0.1, 0.15) is 42.5 Å². The van der Waals surface area contributed by atoms with Crippen LogP contribution in [0.15, 0.2) is 18.3 Å². The molecule has 1 heterocycles. The third-order valence-electron chi connectivity index (χ3n) is 3.30. The zero-order chi connectivity index (χ0) is 12.1. The molecule has 0 aliphatic heterocycles. The molecule has 1 aliphatic carbocycles. The average molecular weight is 253 g/mol. The van der Waals surface area contributed by atoms with Gasteiger partial charge in [-0.3, -0.25) is 4.79 Å². The van der Waals surface area contributed by atoms with Crippen molar-refractivity contribution in [3.63, 3.8) is 0 Å². The van der Waals surface area contributed by atoms with Crippen LogP contribution in [0.5, 0.6) is 0 Å². The minimum absolute atomic E-state index is 0.0628. The van der Waals surface area contributed by atoms with Gasteiger partial charge in [-0.1, -0.05) is 37.3 Å². The maximum Gasteiger partial charge on any atom is 0.252 e. The molecular formula is C13H17ClN2O. The third-order valence-corrected chi connectivity index (χ3v) is 3.53. The van der Waals surface area contributed by atoms with Gasteiger partial charge in [0.15, 0.2) is 0 Å². The number of hydrogen-bond acceptors (Lipinski definition) is 2. The second kappa shape index (κ2) is 6.01. The molecule has 0 radical (unpaired) electrons. The SMILES string of the molecule is O=C(NCCC1CCCC1)c1ccc(Cl)nc1. The smallest absolute Gasteiger partial charge is 0.252 e. The van der Waals surface area contributed by atoms with Gasteiger partial charge in [0.1, 0.15) is 5.15 Å². The maximum atomic E-state index is 11.7. The molecule has 2 rings (SSSR count). The van der Waals surface area contributed by atoms with E-state index < -0.39 is 0 Å². The van der Waals surface area contributed by atoms with E-state index in [1.807, 2.05) is 0 Å². The number of amides is 1. The number of pyridine rings is 1. The fourth-order valence-corrected chi connectivity index (χ4v) is 2.41. The van der Waals surface area contributed by atoms with Gasteiger partial charge in [0, 0.05) is 12.7 Å². The van der Waals surface area contributed by atoms with Gasteiger partial charge >= 0.3 is 0 Å². The van der Waals surface area contributed by atoms with Crippen LogP contribution in [-0.2, 0) is 0 Å². The summed E-state index contributed by atoms with van der Waals surface area (Å²) in [6, 6.07) is 3.33. The Labute approximate surface area is 107 Å². The van der Waals surface area contributed by atoms with Crippen molar-refractivity contribution in [1.82, 2.24) is 10.3 Å². The lowest BCUT2D eigenvalue weighted by Gasteiger charge is -2.09. The minimum Gasteiger partial charge on any atom is -0.352 e. The van der Waals surface area contributed by atoms with E-state index in [-0.39, 0.29) is 5.91 Å². The first kappa shape index (κ1) is 12.4. The lowest BCUT2D eigenvalue weighted by molar-refractivity contribution is 0.0951. The molecule has 1 amide bonds. The molecular weight excluding hydrogens is 236 g/mol. The Kier molecular flexibility index (Phi) is 4.37. The van der Waals surface area contributed by atoms with E-state index in [4.69, 9.17) is 11.6 Å². The first-order valence-corrected chi connectivity index (χ1v) is 6.53. The Bertz CT molecular complexity index is 372. The van der Waals surface area contributed by atoms with Crippen LogP contribution in [0.2, 0.25) is 5.15 Å². The number of nitrogens with zero attached hydrogens (tertiary/aromatic N) is 1. The number of halogens is 1. The minimum atomic E-state index is -0.0628. The number of aromatic nitrogens is 1. The number of hydrogen-bond donors (Lipinski definition) is 1. The predicted octanol–water partition coefficient (Wildman–Crippen LogP) is 3.05. The molecule has 0 bridgehead atoms. The van der Waals surface area contributed by atoms with E-state index in [1.165, 1.54) is 31.9 Å². The summed E-state index contributed by atoms with van der Waals surface area (Å²) in [5, 5.41) is 3.33. The van der Waals surface area contributed by atoms with Gasteiger partial charge in [-0.05, 0) is 24.5 Å². The Balaban J connectivity index is 1.75. The lowest BCUT2D eigenvalue weighted by Crippen LogP contribution is -2.25. The van der Waals surface area contributed by atoms with Crippen molar-refractivity contribution < 1.29 is 4.79 Å². The number of rotatable bonds is 4. The van der Waals surface area contributed by atoms with Crippen molar-refractivity contribution in [2.75, 3.05) is 6.54 Å². The molecule has 1 N–H and O–H groups in total. The number of nitrogens with one attached hydrogen (secondary N) is 1. The van der Waals surface area contributed by atoms with Crippen LogP contribution < -0.4 is 5.32 Å². The molecule has 1 saturated carbocycles. The van der Waals surface area contributed by atoms with Gasteiger partial charge < -0.3 is 5.32 Å². The molecule has 0 atom stereocenters. The molecule has 1 fully saturated rings. The summed E-state index contributed by atoms with van der Waals surface area (Å²) in [5.41, 5.74) is 0.570. The molecule has 3 nitrogen and oxygen atoms in total. The van der Waals surface area contributed by atoms with E-state index in [0.717, 1.165) is 18.9 Å². The van der Waals surface area contributed by atoms with Crippen LogP contribution in [0.3, 0.4) is 0 Å². The normalized spacial score (nSPS) is 16.1. The van der Waals surface area contributed by atoms with Gasteiger partial charge in [0.2, 0.25) is 0 Å². The number of carbonyl (C=O) groups is 1. The summed E-state index contributed by atoms with van der Waals surface area (Å²) in [5.74, 6) is 0.741. The summed E-state index contributed by atoms with van der Waals surface area (Å²) >= 11 is 5.66. The standard InChI is InChI=1S/C13H17ClN2O/c14-12-6-5-11(9-16-12)13(17)15-8-7-10-3-1-2-4-10/h5-6,9-10H,1-4,7-8H2,(H,15,17). The van der Waals surface area contributed by atoms with Crippen LogP contribution in [0.4, 0.5) is 0 Å². The Hall–Kier alpha value is -1.09. The van der Waals surface area contributed by atoms with E-state index in [1.54, 1.807) is 12.1 Å². The molecule has 1 aromatic heterocycles. The van der Waals surface area contributed by atoms with Crippen molar-refractivity contribution in [2.24, 2.45) is 5.92 Å². The topological polar surface area (TPSA) is 42.0 Å². The average Bonchev–Trinajstić information content (AvgIpc) is 2.83. The molecule has 0 aromatic carbocycles. The Morgan fingerprint density at radius 2 is 2.18 bits per heavy atom. The zero-order valence-corrected chi connectivity index (χ0v) is 10.5. The monoisotopic (exact) mass is 252 g/mol. The van der Waals surface area contributed by atoms with Gasteiger partial charge in [-0.2, -0.15) is 0 Å². The van der Waals surface area contributed by atoms with Crippen molar-refractivity contribution >= 4 is 17.5 Å². The highest BCUT2D eigenvalue weighted by atomic mass is 35.5. The predicted molar refractivity (Wildman–Crippen MR) is 68.2 cm³/mol. The molecule has 4 heteroatoms. The van der Waals surface area contributed by atoms with E-state index in [9.17, 15) is 4.79 Å². The largest absolute Gasteiger partial charge is 0.352 e. The van der Waals surface area contributed by atoms with Crippen LogP contribution in [0.25, 0.3) is 0 Å². The summed E-state index contributed by atoms with van der Waals surface area (Å²) in [7, 11) is 0. The quantitative estimate of drug-likeness (QED) is 0.837. The molecule has 92 valence electrons. The summed E-state index contributed by atoms with van der Waals surface area (Å²) in [4.78, 5) is 15.6. The highest BCUT2D eigenvalue weighted by Gasteiger charge is 2.14. The summed E-state index contributed by atoms with van der Waals surface area (Å²) in [6.45, 7) is 0.756. The van der Waals surface area contributed by atoms with Crippen molar-refractivity contribution in [2.45, 2.75) is 32.1 Å². The molecule has 17 heavy (non-hydrogen) atoms. The van der Waals surface area contributed by atoms with Crippen LogP contribution in [0, 0.1) is 5.92 Å².